The molecule has 0 unspecified atom stereocenters. The van der Waals surface area contributed by atoms with E-state index in [-0.39, 0.29) is 12.5 Å². The Bertz CT molecular complexity index is 585. The van der Waals surface area contributed by atoms with Crippen LogP contribution in [0.3, 0.4) is 0 Å². The molecule has 0 saturated heterocycles. The van der Waals surface area contributed by atoms with Gasteiger partial charge in [0, 0.05) is 17.4 Å². The van der Waals surface area contributed by atoms with Gasteiger partial charge in [-0.1, -0.05) is 18.2 Å². The molecule has 0 saturated carbocycles. The first-order chi connectivity index (χ1) is 9.69. The summed E-state index contributed by atoms with van der Waals surface area (Å²) in [7, 11) is 1.52. The van der Waals surface area contributed by atoms with Gasteiger partial charge in [-0.2, -0.15) is 0 Å². The average molecular weight is 272 g/mol. The van der Waals surface area contributed by atoms with Gasteiger partial charge >= 0.3 is 0 Å². The molecule has 104 valence electrons. The second-order valence-electron chi connectivity index (χ2n) is 4.11. The van der Waals surface area contributed by atoms with Crippen molar-refractivity contribution in [3.63, 3.8) is 0 Å². The molecule has 2 aromatic rings. The Labute approximate surface area is 117 Å². The van der Waals surface area contributed by atoms with E-state index in [2.05, 4.69) is 5.32 Å². The van der Waals surface area contributed by atoms with Crippen LogP contribution in [0.15, 0.2) is 48.5 Å². The molecule has 0 atom stereocenters. The van der Waals surface area contributed by atoms with Crippen LogP contribution in [0.25, 0.3) is 0 Å². The second kappa shape index (κ2) is 6.47. The van der Waals surface area contributed by atoms with E-state index in [0.29, 0.717) is 17.2 Å². The third-order valence-corrected chi connectivity index (χ3v) is 2.60. The van der Waals surface area contributed by atoms with Gasteiger partial charge in [0.05, 0.1) is 7.11 Å². The van der Waals surface area contributed by atoms with Crippen molar-refractivity contribution in [3.05, 3.63) is 48.5 Å². The average Bonchev–Trinajstić information content (AvgIpc) is 2.47. The molecule has 20 heavy (non-hydrogen) atoms. The minimum absolute atomic E-state index is 0.102. The van der Waals surface area contributed by atoms with Crippen molar-refractivity contribution in [3.8, 4) is 11.5 Å². The van der Waals surface area contributed by atoms with E-state index >= 15 is 0 Å². The number of carbonyl (C=O) groups excluding carboxylic acids is 1. The van der Waals surface area contributed by atoms with Crippen molar-refractivity contribution in [1.29, 1.82) is 0 Å². The van der Waals surface area contributed by atoms with Gasteiger partial charge in [0.2, 0.25) is 0 Å². The number of hydrogen-bond donors (Lipinski definition) is 2. The highest BCUT2D eigenvalue weighted by Crippen LogP contribution is 2.28. The summed E-state index contributed by atoms with van der Waals surface area (Å²) in [6, 6.07) is 14.2. The molecule has 0 heterocycles. The second-order valence-corrected chi connectivity index (χ2v) is 4.11. The Morgan fingerprint density at radius 1 is 1.15 bits per heavy atom. The zero-order valence-corrected chi connectivity index (χ0v) is 11.1. The molecule has 2 aromatic carbocycles. The minimum Gasteiger partial charge on any atom is -0.493 e. The maximum Gasteiger partial charge on any atom is 0.262 e. The molecule has 3 N–H and O–H groups in total. The predicted octanol–water partition coefficient (Wildman–Crippen LogP) is 2.29. The number of nitrogen functional groups attached to an aromatic ring is 1. The number of ether oxygens (including phenoxy) is 2. The lowest BCUT2D eigenvalue weighted by Crippen LogP contribution is -2.20. The molecule has 0 aliphatic rings. The Balaban J connectivity index is 1.93. The molecule has 0 bridgehead atoms. The lowest BCUT2D eigenvalue weighted by molar-refractivity contribution is -0.118. The first-order valence-corrected chi connectivity index (χ1v) is 6.10. The number of nitrogens with one attached hydrogen (secondary N) is 1. The van der Waals surface area contributed by atoms with Crippen molar-refractivity contribution in [2.75, 3.05) is 24.8 Å². The van der Waals surface area contributed by atoms with Crippen LogP contribution < -0.4 is 20.5 Å². The lowest BCUT2D eigenvalue weighted by atomic mass is 10.3. The number of nitrogens with two attached hydrogens (primary N) is 1. The number of hydrogen-bond acceptors (Lipinski definition) is 4. The number of para-hydroxylation sites is 1. The number of rotatable bonds is 5. The summed E-state index contributed by atoms with van der Waals surface area (Å²) < 4.78 is 10.6. The number of anilines is 2. The zero-order valence-electron chi connectivity index (χ0n) is 11.1. The molecule has 0 aliphatic carbocycles. The highest BCUT2D eigenvalue weighted by Gasteiger charge is 2.08. The van der Waals surface area contributed by atoms with Crippen LogP contribution in [-0.4, -0.2) is 19.6 Å². The Kier molecular flexibility index (Phi) is 4.44. The number of methoxy groups -OCH3 is 1. The topological polar surface area (TPSA) is 73.6 Å². The molecule has 0 aromatic heterocycles. The standard InChI is InChI=1S/C15H16N2O3/c1-19-14-9-11(16)7-8-13(14)20-10-15(18)17-12-5-3-2-4-6-12/h2-9H,10,16H2,1H3,(H,17,18). The summed E-state index contributed by atoms with van der Waals surface area (Å²) >= 11 is 0. The van der Waals surface area contributed by atoms with Gasteiger partial charge in [-0.05, 0) is 24.3 Å². The molecule has 2 rings (SSSR count). The van der Waals surface area contributed by atoms with Crippen molar-refractivity contribution >= 4 is 17.3 Å². The summed E-state index contributed by atoms with van der Waals surface area (Å²) in [5, 5.41) is 2.73. The van der Waals surface area contributed by atoms with Gasteiger partial charge in [-0.25, -0.2) is 0 Å². The van der Waals surface area contributed by atoms with Crippen molar-refractivity contribution < 1.29 is 14.3 Å². The van der Waals surface area contributed by atoms with E-state index in [4.69, 9.17) is 15.2 Å². The van der Waals surface area contributed by atoms with E-state index in [1.165, 1.54) is 7.11 Å². The van der Waals surface area contributed by atoms with E-state index in [1.54, 1.807) is 18.2 Å². The van der Waals surface area contributed by atoms with Crippen molar-refractivity contribution in [1.82, 2.24) is 0 Å². The van der Waals surface area contributed by atoms with E-state index in [9.17, 15) is 4.79 Å². The first kappa shape index (κ1) is 13.7. The molecule has 1 amide bonds. The van der Waals surface area contributed by atoms with E-state index < -0.39 is 0 Å². The van der Waals surface area contributed by atoms with Crippen molar-refractivity contribution in [2.45, 2.75) is 0 Å². The van der Waals surface area contributed by atoms with Gasteiger partial charge in [0.15, 0.2) is 18.1 Å². The highest BCUT2D eigenvalue weighted by atomic mass is 16.5. The maximum absolute atomic E-state index is 11.8. The maximum atomic E-state index is 11.8. The van der Waals surface area contributed by atoms with Crippen LogP contribution in [0.5, 0.6) is 11.5 Å². The third kappa shape index (κ3) is 3.65. The van der Waals surface area contributed by atoms with Crippen LogP contribution in [0.2, 0.25) is 0 Å². The molecule has 0 aliphatic heterocycles. The minimum atomic E-state index is -0.241. The van der Waals surface area contributed by atoms with Crippen LogP contribution in [0.1, 0.15) is 0 Å². The Morgan fingerprint density at radius 3 is 2.60 bits per heavy atom. The molecular weight excluding hydrogens is 256 g/mol. The zero-order chi connectivity index (χ0) is 14.4. The smallest absolute Gasteiger partial charge is 0.262 e. The SMILES string of the molecule is COc1cc(N)ccc1OCC(=O)Nc1ccccc1. The highest BCUT2D eigenvalue weighted by molar-refractivity contribution is 5.91. The summed E-state index contributed by atoms with van der Waals surface area (Å²) in [6.07, 6.45) is 0. The van der Waals surface area contributed by atoms with Crippen LogP contribution in [0, 0.1) is 0 Å². The van der Waals surface area contributed by atoms with Crippen LogP contribution in [-0.2, 0) is 4.79 Å². The lowest BCUT2D eigenvalue weighted by Gasteiger charge is -2.11. The molecule has 0 fully saturated rings. The molecule has 5 heteroatoms. The predicted molar refractivity (Wildman–Crippen MR) is 78.0 cm³/mol. The monoisotopic (exact) mass is 272 g/mol. The number of carbonyl (C=O) groups is 1. The quantitative estimate of drug-likeness (QED) is 0.819. The van der Waals surface area contributed by atoms with Gasteiger partial charge in [0.25, 0.3) is 5.91 Å². The molecule has 0 radical (unpaired) electrons. The summed E-state index contributed by atoms with van der Waals surface area (Å²) in [4.78, 5) is 11.8. The number of amides is 1. The molecular formula is C15H16N2O3. The van der Waals surface area contributed by atoms with Crippen molar-refractivity contribution in [2.24, 2.45) is 0 Å². The van der Waals surface area contributed by atoms with E-state index in [1.807, 2.05) is 30.3 Å². The Hall–Kier alpha value is -2.69. The fourth-order valence-corrected chi connectivity index (χ4v) is 1.67. The molecule has 0 spiro atoms. The fraction of sp³-hybridized carbons (Fsp3) is 0.133. The fourth-order valence-electron chi connectivity index (χ4n) is 1.67. The van der Waals surface area contributed by atoms with Gasteiger partial charge in [-0.3, -0.25) is 4.79 Å². The van der Waals surface area contributed by atoms with Gasteiger partial charge in [0.1, 0.15) is 0 Å². The molecule has 5 nitrogen and oxygen atoms in total. The third-order valence-electron chi connectivity index (χ3n) is 2.60. The Morgan fingerprint density at radius 2 is 1.90 bits per heavy atom. The summed E-state index contributed by atoms with van der Waals surface area (Å²) in [5.41, 5.74) is 6.95. The van der Waals surface area contributed by atoms with Crippen LogP contribution in [0.4, 0.5) is 11.4 Å². The number of benzene rings is 2. The first-order valence-electron chi connectivity index (χ1n) is 6.10. The van der Waals surface area contributed by atoms with Gasteiger partial charge < -0.3 is 20.5 Å². The summed E-state index contributed by atoms with van der Waals surface area (Å²) in [6.45, 7) is -0.102. The normalized spacial score (nSPS) is 9.85. The van der Waals surface area contributed by atoms with E-state index in [0.717, 1.165) is 5.69 Å². The van der Waals surface area contributed by atoms with Gasteiger partial charge in [-0.15, -0.1) is 0 Å². The largest absolute Gasteiger partial charge is 0.493 e. The van der Waals surface area contributed by atoms with Crippen LogP contribution >= 0.6 is 0 Å². The summed E-state index contributed by atoms with van der Waals surface area (Å²) in [5.74, 6) is 0.734.